The standard InChI is InChI=1S/C17H21NO4/c1-3-4-10-17(15(19)21-2)12-18(13-17)16(20)22-11-14-8-6-5-7-9-14/h3,5-9H,1,4,10-13H2,2H3. The van der Waals surface area contributed by atoms with Crippen LogP contribution in [0.25, 0.3) is 0 Å². The Morgan fingerprint density at radius 2 is 2.00 bits per heavy atom. The summed E-state index contributed by atoms with van der Waals surface area (Å²) in [6.45, 7) is 4.57. The lowest BCUT2D eigenvalue weighted by molar-refractivity contribution is -0.163. The molecule has 0 atom stereocenters. The highest BCUT2D eigenvalue weighted by atomic mass is 16.6. The van der Waals surface area contributed by atoms with Crippen LogP contribution >= 0.6 is 0 Å². The fourth-order valence-electron chi connectivity index (χ4n) is 2.61. The number of carbonyl (C=O) groups is 2. The maximum Gasteiger partial charge on any atom is 0.410 e. The number of methoxy groups -OCH3 is 1. The normalized spacial score (nSPS) is 15.6. The van der Waals surface area contributed by atoms with Gasteiger partial charge >= 0.3 is 12.1 Å². The third-order valence-corrected chi connectivity index (χ3v) is 3.90. The van der Waals surface area contributed by atoms with E-state index in [1.807, 2.05) is 30.3 Å². The third kappa shape index (κ3) is 3.47. The zero-order chi connectivity index (χ0) is 16.0. The number of carbonyl (C=O) groups excluding carboxylic acids is 2. The number of amides is 1. The number of hydrogen-bond donors (Lipinski definition) is 0. The van der Waals surface area contributed by atoms with Crippen molar-refractivity contribution in [3.63, 3.8) is 0 Å². The highest BCUT2D eigenvalue weighted by molar-refractivity contribution is 5.82. The van der Waals surface area contributed by atoms with Crippen molar-refractivity contribution in [2.75, 3.05) is 20.2 Å². The Bertz CT molecular complexity index is 535. The van der Waals surface area contributed by atoms with E-state index in [-0.39, 0.29) is 12.6 Å². The first kappa shape index (κ1) is 16.1. The number of hydrogen-bond acceptors (Lipinski definition) is 4. The number of esters is 1. The molecule has 2 rings (SSSR count). The molecular formula is C17H21NO4. The Hall–Kier alpha value is -2.30. The van der Waals surface area contributed by atoms with Crippen molar-refractivity contribution in [2.24, 2.45) is 5.41 Å². The Morgan fingerprint density at radius 3 is 2.59 bits per heavy atom. The molecule has 0 saturated carbocycles. The fourth-order valence-corrected chi connectivity index (χ4v) is 2.61. The zero-order valence-corrected chi connectivity index (χ0v) is 12.8. The van der Waals surface area contributed by atoms with Gasteiger partial charge in [0.05, 0.1) is 7.11 Å². The molecule has 0 unspecified atom stereocenters. The minimum absolute atomic E-state index is 0.230. The summed E-state index contributed by atoms with van der Waals surface area (Å²) in [6.07, 6.45) is 2.70. The molecule has 22 heavy (non-hydrogen) atoms. The second-order valence-electron chi connectivity index (χ2n) is 5.50. The van der Waals surface area contributed by atoms with Gasteiger partial charge < -0.3 is 14.4 Å². The Kier molecular flexibility index (Phi) is 5.20. The minimum atomic E-state index is -0.616. The van der Waals surface area contributed by atoms with Crippen molar-refractivity contribution in [3.8, 4) is 0 Å². The van der Waals surface area contributed by atoms with Gasteiger partial charge in [0.15, 0.2) is 0 Å². The molecule has 1 heterocycles. The minimum Gasteiger partial charge on any atom is -0.468 e. The Morgan fingerprint density at radius 1 is 1.32 bits per heavy atom. The Labute approximate surface area is 130 Å². The monoisotopic (exact) mass is 303 g/mol. The van der Waals surface area contributed by atoms with Crippen LogP contribution in [0.3, 0.4) is 0 Å². The molecule has 1 aliphatic heterocycles. The second kappa shape index (κ2) is 7.11. The molecule has 118 valence electrons. The summed E-state index contributed by atoms with van der Waals surface area (Å²) in [5.41, 5.74) is 0.316. The number of benzene rings is 1. The summed E-state index contributed by atoms with van der Waals surface area (Å²) in [6, 6.07) is 9.48. The molecule has 1 aromatic rings. The highest BCUT2D eigenvalue weighted by Gasteiger charge is 2.51. The van der Waals surface area contributed by atoms with E-state index in [1.165, 1.54) is 12.0 Å². The first-order valence-electron chi connectivity index (χ1n) is 7.26. The van der Waals surface area contributed by atoms with E-state index in [2.05, 4.69) is 6.58 Å². The number of likely N-dealkylation sites (tertiary alicyclic amines) is 1. The van der Waals surface area contributed by atoms with E-state index in [9.17, 15) is 9.59 Å². The predicted octanol–water partition coefficient (Wildman–Crippen LogP) is 2.76. The van der Waals surface area contributed by atoms with Crippen molar-refractivity contribution in [1.29, 1.82) is 0 Å². The number of rotatable bonds is 6. The van der Waals surface area contributed by atoms with Crippen LogP contribution in [0.1, 0.15) is 18.4 Å². The fraction of sp³-hybridized carbons (Fsp3) is 0.412. The molecule has 1 aromatic carbocycles. The van der Waals surface area contributed by atoms with Crippen LogP contribution in [0.15, 0.2) is 43.0 Å². The van der Waals surface area contributed by atoms with Crippen molar-refractivity contribution < 1.29 is 19.1 Å². The quantitative estimate of drug-likeness (QED) is 0.599. The predicted molar refractivity (Wildman–Crippen MR) is 82.1 cm³/mol. The SMILES string of the molecule is C=CCCC1(C(=O)OC)CN(C(=O)OCc2ccccc2)C1. The van der Waals surface area contributed by atoms with E-state index in [4.69, 9.17) is 9.47 Å². The molecule has 5 nitrogen and oxygen atoms in total. The number of nitrogens with zero attached hydrogens (tertiary/aromatic N) is 1. The Balaban J connectivity index is 1.86. The summed E-state index contributed by atoms with van der Waals surface area (Å²) in [5.74, 6) is -0.276. The molecule has 0 radical (unpaired) electrons. The molecule has 0 spiro atoms. The van der Waals surface area contributed by atoms with Crippen molar-refractivity contribution in [1.82, 2.24) is 4.90 Å². The van der Waals surface area contributed by atoms with Gasteiger partial charge in [0.25, 0.3) is 0 Å². The molecule has 0 bridgehead atoms. The van der Waals surface area contributed by atoms with Crippen molar-refractivity contribution in [3.05, 3.63) is 48.6 Å². The summed E-state index contributed by atoms with van der Waals surface area (Å²) in [4.78, 5) is 25.5. The lowest BCUT2D eigenvalue weighted by Crippen LogP contribution is -2.62. The van der Waals surface area contributed by atoms with Crippen molar-refractivity contribution >= 4 is 12.1 Å². The molecule has 1 amide bonds. The maximum absolute atomic E-state index is 12.0. The van der Waals surface area contributed by atoms with E-state index in [0.29, 0.717) is 25.9 Å². The number of ether oxygens (including phenoxy) is 2. The largest absolute Gasteiger partial charge is 0.468 e. The van der Waals surface area contributed by atoms with Gasteiger partial charge in [-0.1, -0.05) is 36.4 Å². The molecule has 0 aliphatic carbocycles. The zero-order valence-electron chi connectivity index (χ0n) is 12.8. The smallest absolute Gasteiger partial charge is 0.410 e. The lowest BCUT2D eigenvalue weighted by atomic mass is 9.76. The van der Waals surface area contributed by atoms with E-state index < -0.39 is 11.5 Å². The molecule has 1 aliphatic rings. The lowest BCUT2D eigenvalue weighted by Gasteiger charge is -2.46. The summed E-state index contributed by atoms with van der Waals surface area (Å²) in [5, 5.41) is 0. The average molecular weight is 303 g/mol. The summed E-state index contributed by atoms with van der Waals surface area (Å²) in [7, 11) is 1.37. The van der Waals surface area contributed by atoms with Crippen LogP contribution in [-0.4, -0.2) is 37.2 Å². The van der Waals surface area contributed by atoms with Crippen molar-refractivity contribution in [2.45, 2.75) is 19.4 Å². The number of allylic oxidation sites excluding steroid dienone is 1. The molecule has 0 N–H and O–H groups in total. The highest BCUT2D eigenvalue weighted by Crippen LogP contribution is 2.37. The molecule has 1 saturated heterocycles. The molecule has 5 heteroatoms. The topological polar surface area (TPSA) is 55.8 Å². The summed E-state index contributed by atoms with van der Waals surface area (Å²) >= 11 is 0. The maximum atomic E-state index is 12.0. The van der Waals surface area contributed by atoms with Crippen LogP contribution in [0.2, 0.25) is 0 Å². The van der Waals surface area contributed by atoms with Gasteiger partial charge in [-0.05, 0) is 18.4 Å². The van der Waals surface area contributed by atoms with Crippen LogP contribution in [0.4, 0.5) is 4.79 Å². The van der Waals surface area contributed by atoms with Crippen LogP contribution in [0.5, 0.6) is 0 Å². The van der Waals surface area contributed by atoms with Gasteiger partial charge in [-0.3, -0.25) is 4.79 Å². The third-order valence-electron chi connectivity index (χ3n) is 3.90. The van der Waals surface area contributed by atoms with Gasteiger partial charge in [0, 0.05) is 13.1 Å². The molecular weight excluding hydrogens is 282 g/mol. The van der Waals surface area contributed by atoms with Gasteiger partial charge in [0.2, 0.25) is 0 Å². The van der Waals surface area contributed by atoms with E-state index in [1.54, 1.807) is 6.08 Å². The van der Waals surface area contributed by atoms with Gasteiger partial charge in [-0.15, -0.1) is 6.58 Å². The van der Waals surface area contributed by atoms with Gasteiger partial charge in [-0.25, -0.2) is 4.79 Å². The summed E-state index contributed by atoms with van der Waals surface area (Å²) < 4.78 is 10.1. The molecule has 1 fully saturated rings. The van der Waals surface area contributed by atoms with Gasteiger partial charge in [-0.2, -0.15) is 0 Å². The molecule has 0 aromatic heterocycles. The second-order valence-corrected chi connectivity index (χ2v) is 5.50. The van der Waals surface area contributed by atoms with Crippen LogP contribution in [0, 0.1) is 5.41 Å². The van der Waals surface area contributed by atoms with Crippen LogP contribution < -0.4 is 0 Å². The van der Waals surface area contributed by atoms with E-state index in [0.717, 1.165) is 5.56 Å². The van der Waals surface area contributed by atoms with Gasteiger partial charge in [0.1, 0.15) is 12.0 Å². The first-order chi connectivity index (χ1) is 10.6. The van der Waals surface area contributed by atoms with E-state index >= 15 is 0 Å². The first-order valence-corrected chi connectivity index (χ1v) is 7.26. The van der Waals surface area contributed by atoms with Crippen LogP contribution in [-0.2, 0) is 20.9 Å². The average Bonchev–Trinajstić information content (AvgIpc) is 2.52.